The van der Waals surface area contributed by atoms with Crippen LogP contribution in [0, 0.1) is 6.92 Å². The molecule has 1 aliphatic carbocycles. The standard InChI is InChI=1S/C20H19NO4/c1-11-7-16-18(21-10-11)20(23)15(12(2)19(16)22)9-13-8-14(24-3)5-6-17(13)25-4/h5-8,10H,9H2,1-4H3. The van der Waals surface area contributed by atoms with Gasteiger partial charge in [-0.05, 0) is 43.7 Å². The molecule has 25 heavy (non-hydrogen) atoms. The first-order valence-electron chi connectivity index (χ1n) is 7.93. The molecule has 0 saturated heterocycles. The summed E-state index contributed by atoms with van der Waals surface area (Å²) in [6.45, 7) is 3.54. The normalized spacial score (nSPS) is 13.8. The van der Waals surface area contributed by atoms with Crippen LogP contribution >= 0.6 is 0 Å². The fraction of sp³-hybridized carbons (Fsp3) is 0.250. The number of aryl methyl sites for hydroxylation is 1. The highest BCUT2D eigenvalue weighted by atomic mass is 16.5. The predicted molar refractivity (Wildman–Crippen MR) is 93.6 cm³/mol. The van der Waals surface area contributed by atoms with Gasteiger partial charge in [0, 0.05) is 29.3 Å². The van der Waals surface area contributed by atoms with Gasteiger partial charge in [0.25, 0.3) is 0 Å². The molecule has 0 fully saturated rings. The van der Waals surface area contributed by atoms with Crippen molar-refractivity contribution in [3.63, 3.8) is 0 Å². The summed E-state index contributed by atoms with van der Waals surface area (Å²) >= 11 is 0. The van der Waals surface area contributed by atoms with Gasteiger partial charge in [0.05, 0.1) is 19.8 Å². The van der Waals surface area contributed by atoms with E-state index in [0.29, 0.717) is 28.2 Å². The molecule has 1 aromatic carbocycles. The first kappa shape index (κ1) is 16.9. The summed E-state index contributed by atoms with van der Waals surface area (Å²) in [4.78, 5) is 29.8. The van der Waals surface area contributed by atoms with Crippen molar-refractivity contribution >= 4 is 11.6 Å². The van der Waals surface area contributed by atoms with Gasteiger partial charge in [-0.1, -0.05) is 0 Å². The number of aromatic nitrogens is 1. The molecule has 0 radical (unpaired) electrons. The molecule has 0 unspecified atom stereocenters. The maximum atomic E-state index is 12.9. The first-order chi connectivity index (χ1) is 12.0. The quantitative estimate of drug-likeness (QED) is 0.856. The van der Waals surface area contributed by atoms with E-state index < -0.39 is 0 Å². The van der Waals surface area contributed by atoms with Crippen LogP contribution in [0.1, 0.15) is 38.9 Å². The number of nitrogens with zero attached hydrogens (tertiary/aromatic N) is 1. The third kappa shape index (κ3) is 2.93. The second kappa shape index (κ2) is 6.51. The Balaban J connectivity index is 2.07. The minimum absolute atomic E-state index is 0.150. The Bertz CT molecular complexity index is 912. The van der Waals surface area contributed by atoms with Crippen LogP contribution in [0.3, 0.4) is 0 Å². The number of carbonyl (C=O) groups excluding carboxylic acids is 2. The third-order valence-electron chi connectivity index (χ3n) is 4.41. The molecule has 0 N–H and O–H groups in total. The highest BCUT2D eigenvalue weighted by Gasteiger charge is 2.31. The lowest BCUT2D eigenvalue weighted by Gasteiger charge is -2.19. The molecule has 5 nitrogen and oxygen atoms in total. The molecule has 1 aromatic heterocycles. The van der Waals surface area contributed by atoms with Crippen molar-refractivity contribution in [2.75, 3.05) is 14.2 Å². The van der Waals surface area contributed by atoms with Gasteiger partial charge in [0.1, 0.15) is 17.2 Å². The molecule has 0 spiro atoms. The number of ketones is 2. The lowest BCUT2D eigenvalue weighted by molar-refractivity contribution is 0.0969. The molecule has 1 heterocycles. The SMILES string of the molecule is COc1ccc(OC)c(CC2=C(C)C(=O)c3cc(C)cnc3C2=O)c1. The summed E-state index contributed by atoms with van der Waals surface area (Å²) in [5.74, 6) is 0.946. The molecular weight excluding hydrogens is 318 g/mol. The Labute approximate surface area is 146 Å². The Kier molecular flexibility index (Phi) is 4.40. The number of hydrogen-bond donors (Lipinski definition) is 0. The molecule has 1 aliphatic rings. The number of fused-ring (bicyclic) bond motifs is 1. The molecular formula is C20H19NO4. The molecule has 0 aliphatic heterocycles. The zero-order valence-corrected chi connectivity index (χ0v) is 14.7. The van der Waals surface area contributed by atoms with E-state index in [2.05, 4.69) is 4.98 Å². The van der Waals surface area contributed by atoms with Gasteiger partial charge in [-0.2, -0.15) is 0 Å². The minimum atomic E-state index is -0.211. The van der Waals surface area contributed by atoms with E-state index in [0.717, 1.165) is 11.1 Å². The summed E-state index contributed by atoms with van der Waals surface area (Å²) in [5.41, 5.74) is 3.13. The van der Waals surface area contributed by atoms with E-state index in [1.165, 1.54) is 0 Å². The van der Waals surface area contributed by atoms with Crippen molar-refractivity contribution in [3.05, 3.63) is 64.0 Å². The summed E-state index contributed by atoms with van der Waals surface area (Å²) in [5, 5.41) is 0. The van der Waals surface area contributed by atoms with Crippen LogP contribution in [-0.2, 0) is 6.42 Å². The van der Waals surface area contributed by atoms with E-state index in [-0.39, 0.29) is 23.7 Å². The Morgan fingerprint density at radius 3 is 2.44 bits per heavy atom. The predicted octanol–water partition coefficient (Wildman–Crippen LogP) is 3.35. The molecule has 0 amide bonds. The summed E-state index contributed by atoms with van der Waals surface area (Å²) in [6, 6.07) is 7.11. The van der Waals surface area contributed by atoms with Crippen LogP contribution in [0.15, 0.2) is 41.6 Å². The second-order valence-corrected chi connectivity index (χ2v) is 6.03. The number of benzene rings is 1. The van der Waals surface area contributed by atoms with E-state index in [4.69, 9.17) is 9.47 Å². The van der Waals surface area contributed by atoms with E-state index in [1.54, 1.807) is 45.5 Å². The number of rotatable bonds is 4. The minimum Gasteiger partial charge on any atom is -0.497 e. The zero-order chi connectivity index (χ0) is 18.1. The van der Waals surface area contributed by atoms with Gasteiger partial charge in [0.2, 0.25) is 5.78 Å². The lowest BCUT2D eigenvalue weighted by atomic mass is 9.84. The number of pyridine rings is 1. The smallest absolute Gasteiger partial charge is 0.208 e. The van der Waals surface area contributed by atoms with Crippen molar-refractivity contribution in [2.45, 2.75) is 20.3 Å². The average molecular weight is 337 g/mol. The fourth-order valence-electron chi connectivity index (χ4n) is 3.00. The van der Waals surface area contributed by atoms with E-state index in [1.807, 2.05) is 13.0 Å². The van der Waals surface area contributed by atoms with Gasteiger partial charge in [-0.25, -0.2) is 0 Å². The van der Waals surface area contributed by atoms with Crippen molar-refractivity contribution in [2.24, 2.45) is 0 Å². The van der Waals surface area contributed by atoms with Gasteiger partial charge < -0.3 is 9.47 Å². The van der Waals surface area contributed by atoms with Gasteiger partial charge in [-0.3, -0.25) is 14.6 Å². The zero-order valence-electron chi connectivity index (χ0n) is 14.7. The molecule has 0 bridgehead atoms. The number of Topliss-reactive ketones (excluding diaryl/α,β-unsaturated/α-hetero) is 2. The van der Waals surface area contributed by atoms with Gasteiger partial charge in [-0.15, -0.1) is 0 Å². The summed E-state index contributed by atoms with van der Waals surface area (Å²) in [7, 11) is 3.15. The van der Waals surface area contributed by atoms with Crippen LogP contribution < -0.4 is 9.47 Å². The second-order valence-electron chi connectivity index (χ2n) is 6.03. The maximum Gasteiger partial charge on any atom is 0.208 e. The van der Waals surface area contributed by atoms with E-state index >= 15 is 0 Å². The largest absolute Gasteiger partial charge is 0.497 e. The number of hydrogen-bond acceptors (Lipinski definition) is 5. The maximum absolute atomic E-state index is 12.9. The molecule has 0 atom stereocenters. The van der Waals surface area contributed by atoms with Crippen LogP contribution in [0.25, 0.3) is 0 Å². The number of methoxy groups -OCH3 is 2. The van der Waals surface area contributed by atoms with Crippen LogP contribution in [0.4, 0.5) is 0 Å². The third-order valence-corrected chi connectivity index (χ3v) is 4.41. The first-order valence-corrected chi connectivity index (χ1v) is 7.93. The van der Waals surface area contributed by atoms with Crippen LogP contribution in [-0.4, -0.2) is 30.8 Å². The molecule has 128 valence electrons. The Hall–Kier alpha value is -2.95. The highest BCUT2D eigenvalue weighted by molar-refractivity contribution is 6.26. The molecule has 3 rings (SSSR count). The average Bonchev–Trinajstić information content (AvgIpc) is 2.63. The van der Waals surface area contributed by atoms with Gasteiger partial charge >= 0.3 is 0 Å². The van der Waals surface area contributed by atoms with Crippen molar-refractivity contribution < 1.29 is 19.1 Å². The van der Waals surface area contributed by atoms with Crippen LogP contribution in [0.5, 0.6) is 11.5 Å². The Morgan fingerprint density at radius 1 is 1.00 bits per heavy atom. The van der Waals surface area contributed by atoms with Crippen molar-refractivity contribution in [1.29, 1.82) is 0 Å². The van der Waals surface area contributed by atoms with Crippen molar-refractivity contribution in [1.82, 2.24) is 4.98 Å². The van der Waals surface area contributed by atoms with Gasteiger partial charge in [0.15, 0.2) is 5.78 Å². The summed E-state index contributed by atoms with van der Waals surface area (Å²) in [6.07, 6.45) is 1.89. The lowest BCUT2D eigenvalue weighted by Crippen LogP contribution is -2.23. The fourth-order valence-corrected chi connectivity index (χ4v) is 3.00. The summed E-state index contributed by atoms with van der Waals surface area (Å²) < 4.78 is 10.6. The molecule has 2 aromatic rings. The number of carbonyl (C=O) groups is 2. The monoisotopic (exact) mass is 337 g/mol. The van der Waals surface area contributed by atoms with E-state index in [9.17, 15) is 9.59 Å². The van der Waals surface area contributed by atoms with Crippen LogP contribution in [0.2, 0.25) is 0 Å². The molecule has 5 heteroatoms. The molecule has 0 saturated carbocycles. The Morgan fingerprint density at radius 2 is 1.76 bits per heavy atom. The number of ether oxygens (including phenoxy) is 2. The number of allylic oxidation sites excluding steroid dienone is 2. The topological polar surface area (TPSA) is 65.5 Å². The van der Waals surface area contributed by atoms with Crippen molar-refractivity contribution in [3.8, 4) is 11.5 Å². The highest BCUT2D eigenvalue weighted by Crippen LogP contribution is 2.31.